The van der Waals surface area contributed by atoms with Crippen molar-refractivity contribution in [3.63, 3.8) is 0 Å². The number of aliphatic hydroxyl groups is 1. The fourth-order valence-electron chi connectivity index (χ4n) is 3.52. The Balaban J connectivity index is 2.13. The van der Waals surface area contributed by atoms with Crippen molar-refractivity contribution in [2.75, 3.05) is 0 Å². The first kappa shape index (κ1) is 15.5. The number of hydrogen-bond donors (Lipinski definition) is 1. The van der Waals surface area contributed by atoms with E-state index in [4.69, 9.17) is 0 Å². The molecule has 2 atom stereocenters. The van der Waals surface area contributed by atoms with Gasteiger partial charge in [0.15, 0.2) is 0 Å². The van der Waals surface area contributed by atoms with E-state index in [1.54, 1.807) is 0 Å². The third-order valence-electron chi connectivity index (χ3n) is 4.69. The molecule has 116 valence electrons. The maximum atomic E-state index is 14.2. The van der Waals surface area contributed by atoms with Crippen molar-refractivity contribution < 1.29 is 9.67 Å². The summed E-state index contributed by atoms with van der Waals surface area (Å²) in [6, 6.07) is 19.4. The Morgan fingerprint density at radius 1 is 0.773 bits per heavy atom. The highest BCUT2D eigenvalue weighted by molar-refractivity contribution is 7.79. The van der Waals surface area contributed by atoms with Gasteiger partial charge in [-0.2, -0.15) is 0 Å². The molecule has 3 heteroatoms. The van der Waals surface area contributed by atoms with Gasteiger partial charge >= 0.3 is 0 Å². The average molecular weight is 314 g/mol. The lowest BCUT2D eigenvalue weighted by atomic mass is 10.1. The van der Waals surface area contributed by atoms with Gasteiger partial charge in [-0.1, -0.05) is 79.9 Å². The zero-order chi connectivity index (χ0) is 15.4. The Hall–Kier alpha value is -1.37. The van der Waals surface area contributed by atoms with E-state index in [-0.39, 0.29) is 5.66 Å². The summed E-state index contributed by atoms with van der Waals surface area (Å²) in [5, 5.41) is 12.4. The largest absolute Gasteiger partial charge is 0.392 e. The first-order valence-corrected chi connectivity index (χ1v) is 9.89. The van der Waals surface area contributed by atoms with E-state index in [1.807, 2.05) is 60.7 Å². The van der Waals surface area contributed by atoms with E-state index < -0.39 is 13.2 Å². The first-order chi connectivity index (χ1) is 10.7. The van der Waals surface area contributed by atoms with Gasteiger partial charge in [-0.05, 0) is 12.8 Å². The van der Waals surface area contributed by atoms with Crippen LogP contribution in [0.3, 0.4) is 0 Å². The number of benzene rings is 2. The minimum absolute atomic E-state index is 0.167. The van der Waals surface area contributed by atoms with Crippen LogP contribution in [0.15, 0.2) is 60.7 Å². The van der Waals surface area contributed by atoms with Crippen LogP contribution in [0.5, 0.6) is 0 Å². The number of aliphatic hydroxyl groups excluding tert-OH is 1. The van der Waals surface area contributed by atoms with Crippen LogP contribution in [0.1, 0.15) is 32.1 Å². The van der Waals surface area contributed by atoms with Gasteiger partial charge in [0.1, 0.15) is 7.14 Å². The predicted molar refractivity (Wildman–Crippen MR) is 92.6 cm³/mol. The van der Waals surface area contributed by atoms with E-state index in [0.717, 1.165) is 42.7 Å². The van der Waals surface area contributed by atoms with Crippen molar-refractivity contribution >= 4 is 17.8 Å². The minimum atomic E-state index is -2.83. The Morgan fingerprint density at radius 2 is 1.27 bits per heavy atom. The zero-order valence-corrected chi connectivity index (χ0v) is 13.7. The third-order valence-corrected chi connectivity index (χ3v) is 8.36. The van der Waals surface area contributed by atoms with Crippen LogP contribution < -0.4 is 10.6 Å². The molecular weight excluding hydrogens is 291 g/mol. The normalized spacial score (nSPS) is 23.0. The maximum absolute atomic E-state index is 14.2. The van der Waals surface area contributed by atoms with Crippen LogP contribution in [-0.2, 0) is 4.57 Å². The second-order valence-electron chi connectivity index (χ2n) is 6.10. The lowest BCUT2D eigenvalue weighted by Crippen LogP contribution is -2.34. The smallest absolute Gasteiger partial charge is 0.148 e. The van der Waals surface area contributed by atoms with Gasteiger partial charge in [-0.15, -0.1) is 0 Å². The number of hydrogen-bond acceptors (Lipinski definition) is 2. The topological polar surface area (TPSA) is 37.3 Å². The van der Waals surface area contributed by atoms with Gasteiger partial charge in [-0.3, -0.25) is 0 Å². The predicted octanol–water partition coefficient (Wildman–Crippen LogP) is 3.69. The quantitative estimate of drug-likeness (QED) is 0.693. The summed E-state index contributed by atoms with van der Waals surface area (Å²) in [7, 11) is -2.83. The van der Waals surface area contributed by atoms with E-state index in [1.165, 1.54) is 0 Å². The maximum Gasteiger partial charge on any atom is 0.148 e. The molecule has 22 heavy (non-hydrogen) atoms. The molecule has 1 saturated carbocycles. The minimum Gasteiger partial charge on any atom is -0.392 e. The molecule has 0 amide bonds. The summed E-state index contributed by atoms with van der Waals surface area (Å²) in [4.78, 5) is 0. The molecule has 0 aliphatic heterocycles. The summed E-state index contributed by atoms with van der Waals surface area (Å²) in [5.74, 6) is 0. The van der Waals surface area contributed by atoms with Gasteiger partial charge in [-0.25, -0.2) is 0 Å². The molecule has 0 spiro atoms. The molecule has 0 bridgehead atoms. The van der Waals surface area contributed by atoms with E-state index >= 15 is 0 Å². The van der Waals surface area contributed by atoms with Crippen LogP contribution in [0, 0.1) is 0 Å². The fourth-order valence-corrected chi connectivity index (χ4v) is 7.00. The van der Waals surface area contributed by atoms with Crippen molar-refractivity contribution in [2.24, 2.45) is 0 Å². The van der Waals surface area contributed by atoms with Gasteiger partial charge in [0.05, 0.1) is 6.10 Å². The molecule has 3 rings (SSSR count). The molecule has 0 heterocycles. The fraction of sp³-hybridized carbons (Fsp3) is 0.368. The molecule has 0 unspecified atom stereocenters. The van der Waals surface area contributed by atoms with Gasteiger partial charge in [0.2, 0.25) is 0 Å². The molecular formula is C19H23O2P. The van der Waals surface area contributed by atoms with E-state index in [2.05, 4.69) is 0 Å². The molecule has 2 aromatic carbocycles. The summed E-state index contributed by atoms with van der Waals surface area (Å²) >= 11 is 0. The highest BCUT2D eigenvalue weighted by atomic mass is 31.2. The van der Waals surface area contributed by atoms with E-state index in [0.29, 0.717) is 0 Å². The molecule has 0 saturated heterocycles. The molecule has 1 aliphatic rings. The Kier molecular flexibility index (Phi) is 4.81. The van der Waals surface area contributed by atoms with Crippen molar-refractivity contribution in [3.8, 4) is 0 Å². The summed E-state index contributed by atoms with van der Waals surface area (Å²) < 4.78 is 14.2. The highest BCUT2D eigenvalue weighted by Crippen LogP contribution is 2.53. The van der Waals surface area contributed by atoms with Crippen LogP contribution in [0.2, 0.25) is 0 Å². The highest BCUT2D eigenvalue weighted by Gasteiger charge is 2.40. The summed E-state index contributed by atoms with van der Waals surface area (Å²) in [6.07, 6.45) is 4.31. The van der Waals surface area contributed by atoms with Gasteiger partial charge in [0, 0.05) is 16.3 Å². The summed E-state index contributed by atoms with van der Waals surface area (Å²) in [5.41, 5.74) is -0.167. The van der Waals surface area contributed by atoms with E-state index in [9.17, 15) is 9.67 Å². The zero-order valence-electron chi connectivity index (χ0n) is 12.8. The van der Waals surface area contributed by atoms with Crippen LogP contribution in [0.4, 0.5) is 0 Å². The second kappa shape index (κ2) is 6.81. The van der Waals surface area contributed by atoms with Crippen molar-refractivity contribution in [3.05, 3.63) is 60.7 Å². The van der Waals surface area contributed by atoms with Gasteiger partial charge in [0.25, 0.3) is 0 Å². The molecule has 2 nitrogen and oxygen atoms in total. The first-order valence-electron chi connectivity index (χ1n) is 8.12. The van der Waals surface area contributed by atoms with Crippen LogP contribution in [-0.4, -0.2) is 16.9 Å². The Labute approximate surface area is 132 Å². The lowest BCUT2D eigenvalue weighted by Gasteiger charge is -2.31. The SMILES string of the molecule is O=P(c1ccccc1)(c1ccccc1)[C@@H]1CCCCC[C@@H]1O. The van der Waals surface area contributed by atoms with Crippen molar-refractivity contribution in [2.45, 2.75) is 43.9 Å². The van der Waals surface area contributed by atoms with Crippen molar-refractivity contribution in [1.29, 1.82) is 0 Å². The third kappa shape index (κ3) is 2.91. The van der Waals surface area contributed by atoms with Crippen molar-refractivity contribution in [1.82, 2.24) is 0 Å². The van der Waals surface area contributed by atoms with Gasteiger partial charge < -0.3 is 9.67 Å². The monoisotopic (exact) mass is 314 g/mol. The second-order valence-corrected chi connectivity index (χ2v) is 9.11. The molecule has 1 fully saturated rings. The molecule has 1 N–H and O–H groups in total. The molecule has 0 radical (unpaired) electrons. The Morgan fingerprint density at radius 3 is 1.82 bits per heavy atom. The van der Waals surface area contributed by atoms with Crippen LogP contribution in [0.25, 0.3) is 0 Å². The lowest BCUT2D eigenvalue weighted by molar-refractivity contribution is 0.160. The number of rotatable bonds is 3. The molecule has 2 aromatic rings. The standard InChI is InChI=1S/C19H23O2P/c20-18-14-8-3-9-15-19(18)22(21,16-10-4-1-5-11-16)17-12-6-2-7-13-17/h1-2,4-7,10-13,18-20H,3,8-9,14-15H2/t18-,19+/m0/s1. The average Bonchev–Trinajstić information content (AvgIpc) is 2.80. The molecule has 0 aromatic heterocycles. The Bertz CT molecular complexity index is 595. The summed E-state index contributed by atoms with van der Waals surface area (Å²) in [6.45, 7) is 0. The van der Waals surface area contributed by atoms with Crippen LogP contribution >= 0.6 is 7.14 Å². The molecule has 1 aliphatic carbocycles.